The van der Waals surface area contributed by atoms with Crippen LogP contribution < -0.4 is 47.7 Å². The van der Waals surface area contributed by atoms with Crippen molar-refractivity contribution in [2.45, 2.75) is 0 Å². The van der Waals surface area contributed by atoms with E-state index in [0.29, 0.717) is 0 Å². The maximum atomic E-state index is 5.87. The zero-order valence-corrected chi connectivity index (χ0v) is 46.3. The highest BCUT2D eigenvalue weighted by atomic mass is 16.5. The number of methoxy groups -OCH3 is 8. The van der Waals surface area contributed by atoms with Gasteiger partial charge in [0, 0.05) is 47.1 Å². The molecule has 80 heavy (non-hydrogen) atoms. The first kappa shape index (κ1) is 54.7. The second-order valence-electron chi connectivity index (χ2n) is 18.3. The van der Waals surface area contributed by atoms with E-state index in [2.05, 4.69) is 156 Å². The molecule has 0 amide bonds. The summed E-state index contributed by atoms with van der Waals surface area (Å²) in [5.74, 6) is 5.92. The van der Waals surface area contributed by atoms with Crippen molar-refractivity contribution in [2.75, 3.05) is 66.7 Å². The van der Waals surface area contributed by atoms with E-state index < -0.39 is 0 Å². The Bertz CT molecular complexity index is 3330. The van der Waals surface area contributed by atoms with Crippen molar-refractivity contribution in [1.82, 2.24) is 0 Å². The monoisotopic (exact) mass is 1060 g/mol. The van der Waals surface area contributed by atoms with Crippen molar-refractivity contribution >= 4 is 33.7 Å². The van der Waals surface area contributed by atoms with Gasteiger partial charge in [-0.3, -0.25) is 0 Å². The van der Waals surface area contributed by atoms with Crippen LogP contribution in [0, 0.1) is 0 Å². The Morgan fingerprint density at radius 1 is 0.225 bits per heavy atom. The highest BCUT2D eigenvalue weighted by Gasteiger charge is 2.21. The molecule has 0 fully saturated rings. The van der Waals surface area contributed by atoms with Crippen LogP contribution in [-0.4, -0.2) is 56.9 Å². The molecule has 0 saturated carbocycles. The molecule has 10 nitrogen and oxygen atoms in total. The van der Waals surface area contributed by atoms with Gasteiger partial charge < -0.3 is 47.7 Å². The fraction of sp³-hybridized carbons (Fsp3) is 0.114. The molecule has 402 valence electrons. The van der Waals surface area contributed by atoms with E-state index in [0.717, 1.165) is 124 Å². The summed E-state index contributed by atoms with van der Waals surface area (Å²) in [6.07, 6.45) is 8.78. The number of rotatable bonds is 22. The van der Waals surface area contributed by atoms with E-state index in [9.17, 15) is 0 Å². The number of hydrogen-bond donors (Lipinski definition) is 0. The molecule has 9 aromatic rings. The first-order valence-electron chi connectivity index (χ1n) is 25.9. The van der Waals surface area contributed by atoms with Gasteiger partial charge in [0.05, 0.1) is 68.3 Å². The molecule has 0 heterocycles. The average molecular weight is 1060 g/mol. The predicted octanol–water partition coefficient (Wildman–Crippen LogP) is 15.7. The molecule has 9 rings (SSSR count). The number of ether oxygens (including phenoxy) is 8. The van der Waals surface area contributed by atoms with Crippen molar-refractivity contribution in [3.05, 3.63) is 288 Å². The lowest BCUT2D eigenvalue weighted by Gasteiger charge is -2.29. The van der Waals surface area contributed by atoms with Crippen molar-refractivity contribution < 1.29 is 37.9 Å². The number of nitrogens with zero attached hydrogens (tertiary/aromatic N) is 2. The van der Waals surface area contributed by atoms with Crippen LogP contribution in [0.2, 0.25) is 0 Å². The van der Waals surface area contributed by atoms with Crippen molar-refractivity contribution in [2.24, 2.45) is 0 Å². The minimum atomic E-state index is 0.720. The fourth-order valence-electron chi connectivity index (χ4n) is 9.26. The summed E-state index contributed by atoms with van der Waals surface area (Å²) in [7, 11) is 13.4. The van der Waals surface area contributed by atoms with Crippen LogP contribution in [0.3, 0.4) is 0 Å². The number of hydrogen-bond acceptors (Lipinski definition) is 10. The molecule has 0 aliphatic carbocycles. The Morgan fingerprint density at radius 2 is 0.438 bits per heavy atom. The molecule has 10 heteroatoms. The van der Waals surface area contributed by atoms with Gasteiger partial charge in [-0.25, -0.2) is 0 Å². The lowest BCUT2D eigenvalue weighted by molar-refractivity contribution is 0.414. The summed E-state index contributed by atoms with van der Waals surface area (Å²) >= 11 is 0. The van der Waals surface area contributed by atoms with Crippen LogP contribution in [0.15, 0.2) is 243 Å². The molecule has 9 aromatic carbocycles. The van der Waals surface area contributed by atoms with Gasteiger partial charge in [0.2, 0.25) is 0 Å². The summed E-state index contributed by atoms with van der Waals surface area (Å²) < 4.78 is 45.7. The first-order chi connectivity index (χ1) is 39.2. The van der Waals surface area contributed by atoms with Crippen LogP contribution in [0.5, 0.6) is 46.0 Å². The summed E-state index contributed by atoms with van der Waals surface area (Å²) in [4.78, 5) is 4.43. The Hall–Kier alpha value is -10.1. The van der Waals surface area contributed by atoms with Gasteiger partial charge >= 0.3 is 0 Å². The lowest BCUT2D eigenvalue weighted by atomic mass is 9.96. The zero-order chi connectivity index (χ0) is 55.8. The van der Waals surface area contributed by atoms with E-state index in [1.807, 2.05) is 97.1 Å². The second kappa shape index (κ2) is 26.3. The highest BCUT2D eigenvalue weighted by molar-refractivity contribution is 5.92. The molecule has 0 aliphatic rings. The third kappa shape index (κ3) is 13.0. The van der Waals surface area contributed by atoms with Gasteiger partial charge in [-0.2, -0.15) is 0 Å². The first-order valence-corrected chi connectivity index (χ1v) is 25.9. The van der Waals surface area contributed by atoms with Crippen molar-refractivity contribution in [3.63, 3.8) is 0 Å². The molecule has 0 bridgehead atoms. The van der Waals surface area contributed by atoms with Crippen LogP contribution in [-0.2, 0) is 0 Å². The van der Waals surface area contributed by atoms with Crippen LogP contribution in [0.4, 0.5) is 11.4 Å². The molecule has 0 radical (unpaired) electrons. The maximum absolute atomic E-state index is 5.87. The molecule has 0 N–H and O–H groups in total. The summed E-state index contributed by atoms with van der Waals surface area (Å²) in [5, 5.41) is 0. The van der Waals surface area contributed by atoms with E-state index in [1.54, 1.807) is 56.9 Å². The van der Waals surface area contributed by atoms with Crippen LogP contribution >= 0.6 is 0 Å². The van der Waals surface area contributed by atoms with E-state index >= 15 is 0 Å². The fourth-order valence-corrected chi connectivity index (χ4v) is 9.26. The lowest BCUT2D eigenvalue weighted by Crippen LogP contribution is -2.17. The van der Waals surface area contributed by atoms with Crippen molar-refractivity contribution in [3.8, 4) is 46.0 Å². The normalized spacial score (nSPS) is 10.8. The SMILES string of the molecule is COc1ccc(C(=CN(C=C(c2ccc(OC)cc2)c2ccc(OC)cc2)c2ccccc2N(C=C(c2ccc(OC)cc2)c2ccc(OC)cc2)/C=C(/c2ccc(OC)cc2)c2cccc(OC)c2)c2ccc(OC)cc2)cc1. The van der Waals surface area contributed by atoms with E-state index in [1.165, 1.54) is 0 Å². The van der Waals surface area contributed by atoms with E-state index in [-0.39, 0.29) is 0 Å². The molecule has 0 aromatic heterocycles. The average Bonchev–Trinajstić information content (AvgIpc) is 3.58. The third-order valence-corrected chi connectivity index (χ3v) is 13.7. The molecular weight excluding hydrogens is 997 g/mol. The van der Waals surface area contributed by atoms with Gasteiger partial charge in [0.15, 0.2) is 0 Å². The molecule has 0 atom stereocenters. The van der Waals surface area contributed by atoms with Gasteiger partial charge in [-0.05, 0) is 154 Å². The van der Waals surface area contributed by atoms with Crippen LogP contribution in [0.1, 0.15) is 44.5 Å². The Balaban J connectivity index is 1.41. The summed E-state index contributed by atoms with van der Waals surface area (Å²) in [6, 6.07) is 73.5. The minimum Gasteiger partial charge on any atom is -0.497 e. The standard InChI is InChI=1S/C70H64N2O8/c1-73-57-30-16-49(17-31-57)65(50-18-32-58(74-2)33-19-50)45-71(46-66(51-20-34-59(75-3)35-21-51)52-22-36-60(76-4)37-23-52)69-14-9-10-15-70(69)72(47-67(53-24-38-61(77-5)39-25-53)54-26-40-62(78-6)41-27-54)48-68(55-28-42-63(79-7)43-29-55)56-12-11-13-64(44-56)80-8/h9-48H,1-8H3/b68-48-. The number of benzene rings is 9. The second-order valence-corrected chi connectivity index (χ2v) is 18.3. The van der Waals surface area contributed by atoms with Crippen LogP contribution in [0.25, 0.3) is 22.3 Å². The highest BCUT2D eigenvalue weighted by Crippen LogP contribution is 2.40. The molecule has 0 saturated heterocycles. The largest absolute Gasteiger partial charge is 0.497 e. The molecular formula is C70H64N2O8. The topological polar surface area (TPSA) is 80.3 Å². The quantitative estimate of drug-likeness (QED) is 0.0655. The molecule has 0 unspecified atom stereocenters. The smallest absolute Gasteiger partial charge is 0.119 e. The van der Waals surface area contributed by atoms with Gasteiger partial charge in [-0.15, -0.1) is 0 Å². The third-order valence-electron chi connectivity index (χ3n) is 13.7. The molecule has 0 aliphatic heterocycles. The number of anilines is 2. The van der Waals surface area contributed by atoms with E-state index in [4.69, 9.17) is 37.9 Å². The van der Waals surface area contributed by atoms with Gasteiger partial charge in [-0.1, -0.05) is 109 Å². The Kier molecular flexibility index (Phi) is 18.0. The maximum Gasteiger partial charge on any atom is 0.119 e. The Morgan fingerprint density at radius 3 is 0.650 bits per heavy atom. The zero-order valence-electron chi connectivity index (χ0n) is 46.3. The van der Waals surface area contributed by atoms with Gasteiger partial charge in [0.25, 0.3) is 0 Å². The predicted molar refractivity (Wildman–Crippen MR) is 324 cm³/mol. The molecule has 0 spiro atoms. The summed E-state index contributed by atoms with van der Waals surface area (Å²) in [6.45, 7) is 0. The number of para-hydroxylation sites is 2. The summed E-state index contributed by atoms with van der Waals surface area (Å²) in [5.41, 5.74) is 13.0. The minimum absolute atomic E-state index is 0.720. The van der Waals surface area contributed by atoms with Crippen molar-refractivity contribution in [1.29, 1.82) is 0 Å². The van der Waals surface area contributed by atoms with Gasteiger partial charge in [0.1, 0.15) is 46.0 Å². The Labute approximate surface area is 469 Å².